The van der Waals surface area contributed by atoms with Gasteiger partial charge in [-0.3, -0.25) is 4.79 Å². The van der Waals surface area contributed by atoms with Gasteiger partial charge in [0.25, 0.3) is 5.91 Å². The van der Waals surface area contributed by atoms with Crippen LogP contribution in [0.4, 0.5) is 24.5 Å². The summed E-state index contributed by atoms with van der Waals surface area (Å²) in [4.78, 5) is 12.5. The quantitative estimate of drug-likeness (QED) is 0.597. The number of carbonyl (C=O) groups excluding carboxylic acids is 1. The molecule has 0 aliphatic heterocycles. The third-order valence-corrected chi connectivity index (χ3v) is 4.20. The molecular weight excluding hydrogens is 353 g/mol. The molecule has 3 rings (SSSR count). The number of aryl methyl sites for hydroxylation is 1. The summed E-state index contributed by atoms with van der Waals surface area (Å²) in [5.41, 5.74) is 8.72. The molecule has 3 nitrogen and oxygen atoms in total. The Labute approximate surface area is 154 Å². The summed E-state index contributed by atoms with van der Waals surface area (Å²) in [7, 11) is 0. The Bertz CT molecular complexity index is 997. The number of para-hydroxylation sites is 1. The van der Waals surface area contributed by atoms with Gasteiger partial charge in [0.1, 0.15) is 0 Å². The minimum absolute atomic E-state index is 0.0798. The zero-order valence-electron chi connectivity index (χ0n) is 14.5. The van der Waals surface area contributed by atoms with E-state index in [9.17, 15) is 18.0 Å². The largest absolute Gasteiger partial charge is 0.416 e. The van der Waals surface area contributed by atoms with E-state index in [2.05, 4.69) is 5.32 Å². The lowest BCUT2D eigenvalue weighted by Crippen LogP contribution is -2.13. The summed E-state index contributed by atoms with van der Waals surface area (Å²) in [5.74, 6) is -0.495. The molecule has 0 fully saturated rings. The molecule has 27 heavy (non-hydrogen) atoms. The number of rotatable bonds is 3. The molecule has 0 unspecified atom stereocenters. The molecule has 138 valence electrons. The number of hydrogen-bond donors (Lipinski definition) is 2. The van der Waals surface area contributed by atoms with E-state index in [0.29, 0.717) is 11.3 Å². The minimum atomic E-state index is -4.47. The minimum Gasteiger partial charge on any atom is -0.398 e. The van der Waals surface area contributed by atoms with E-state index in [0.717, 1.165) is 28.8 Å². The fraction of sp³-hybridized carbons (Fsp3) is 0.0952. The molecular formula is C21H17F3N2O. The normalized spacial score (nSPS) is 11.3. The molecule has 0 aliphatic rings. The van der Waals surface area contributed by atoms with Crippen molar-refractivity contribution in [2.24, 2.45) is 0 Å². The van der Waals surface area contributed by atoms with Gasteiger partial charge in [-0.25, -0.2) is 0 Å². The van der Waals surface area contributed by atoms with E-state index in [1.165, 1.54) is 12.1 Å². The van der Waals surface area contributed by atoms with Gasteiger partial charge in [0.2, 0.25) is 0 Å². The lowest BCUT2D eigenvalue weighted by Gasteiger charge is -2.13. The summed E-state index contributed by atoms with van der Waals surface area (Å²) in [5, 5.41) is 2.51. The van der Waals surface area contributed by atoms with E-state index in [1.54, 1.807) is 24.3 Å². The van der Waals surface area contributed by atoms with Crippen LogP contribution in [0.3, 0.4) is 0 Å². The summed E-state index contributed by atoms with van der Waals surface area (Å²) >= 11 is 0. The highest BCUT2D eigenvalue weighted by atomic mass is 19.4. The Hall–Kier alpha value is -3.28. The van der Waals surface area contributed by atoms with E-state index in [1.807, 2.05) is 25.1 Å². The van der Waals surface area contributed by atoms with Crippen LogP contribution in [0.1, 0.15) is 21.5 Å². The Morgan fingerprint density at radius 3 is 2.37 bits per heavy atom. The van der Waals surface area contributed by atoms with E-state index >= 15 is 0 Å². The second-order valence-corrected chi connectivity index (χ2v) is 6.15. The first kappa shape index (κ1) is 18.5. The Morgan fingerprint density at radius 2 is 1.67 bits per heavy atom. The summed E-state index contributed by atoms with van der Waals surface area (Å²) < 4.78 is 38.5. The molecule has 3 aromatic carbocycles. The fourth-order valence-electron chi connectivity index (χ4n) is 2.77. The lowest BCUT2D eigenvalue weighted by molar-refractivity contribution is -0.137. The predicted octanol–water partition coefficient (Wildman–Crippen LogP) is 5.52. The summed E-state index contributed by atoms with van der Waals surface area (Å²) in [6, 6.07) is 16.9. The highest BCUT2D eigenvalue weighted by Crippen LogP contribution is 2.32. The smallest absolute Gasteiger partial charge is 0.398 e. The van der Waals surface area contributed by atoms with Gasteiger partial charge in [0.05, 0.1) is 5.56 Å². The number of amides is 1. The van der Waals surface area contributed by atoms with Crippen molar-refractivity contribution in [3.05, 3.63) is 83.4 Å². The van der Waals surface area contributed by atoms with Gasteiger partial charge in [-0.15, -0.1) is 0 Å². The molecule has 3 aromatic rings. The molecule has 0 spiro atoms. The van der Waals surface area contributed by atoms with Crippen LogP contribution in [0.25, 0.3) is 11.1 Å². The third-order valence-electron chi connectivity index (χ3n) is 4.20. The van der Waals surface area contributed by atoms with Gasteiger partial charge in [0, 0.05) is 22.5 Å². The van der Waals surface area contributed by atoms with Crippen LogP contribution in [0, 0.1) is 6.92 Å². The molecule has 1 amide bonds. The van der Waals surface area contributed by atoms with Crippen molar-refractivity contribution in [2.75, 3.05) is 11.1 Å². The molecule has 0 radical (unpaired) electrons. The second kappa shape index (κ2) is 7.15. The molecule has 0 heterocycles. The average molecular weight is 370 g/mol. The third kappa shape index (κ3) is 4.11. The van der Waals surface area contributed by atoms with Crippen LogP contribution in [-0.2, 0) is 6.18 Å². The zero-order valence-corrected chi connectivity index (χ0v) is 14.5. The number of anilines is 2. The summed E-state index contributed by atoms with van der Waals surface area (Å²) in [6.45, 7) is 1.90. The van der Waals surface area contributed by atoms with Crippen molar-refractivity contribution in [1.29, 1.82) is 0 Å². The van der Waals surface area contributed by atoms with Gasteiger partial charge in [-0.2, -0.15) is 13.2 Å². The number of benzene rings is 3. The fourth-order valence-corrected chi connectivity index (χ4v) is 2.77. The van der Waals surface area contributed by atoms with Crippen molar-refractivity contribution in [1.82, 2.24) is 0 Å². The standard InChI is InChI=1S/C21H17F3N2O/c1-13-9-10-14(11-18(13)17-7-2-3-8-19(17)25)20(27)26-16-6-4-5-15(12-16)21(22,23)24/h2-12H,25H2,1H3,(H,26,27). The Kier molecular flexibility index (Phi) is 4.90. The monoisotopic (exact) mass is 370 g/mol. The molecule has 0 saturated heterocycles. The molecule has 0 saturated carbocycles. The van der Waals surface area contributed by atoms with Crippen LogP contribution in [-0.4, -0.2) is 5.91 Å². The van der Waals surface area contributed by atoms with Gasteiger partial charge in [0.15, 0.2) is 0 Å². The number of nitrogen functional groups attached to an aromatic ring is 1. The van der Waals surface area contributed by atoms with Crippen LogP contribution in [0.15, 0.2) is 66.7 Å². The highest BCUT2D eigenvalue weighted by Gasteiger charge is 2.30. The molecule has 6 heteroatoms. The second-order valence-electron chi connectivity index (χ2n) is 6.15. The highest BCUT2D eigenvalue weighted by molar-refractivity contribution is 6.05. The molecule has 3 N–H and O–H groups in total. The number of nitrogens with one attached hydrogen (secondary N) is 1. The maximum atomic E-state index is 12.8. The van der Waals surface area contributed by atoms with Gasteiger partial charge in [-0.05, 0) is 54.4 Å². The first-order valence-electron chi connectivity index (χ1n) is 8.20. The van der Waals surface area contributed by atoms with E-state index in [4.69, 9.17) is 5.73 Å². The van der Waals surface area contributed by atoms with Gasteiger partial charge in [-0.1, -0.05) is 30.3 Å². The van der Waals surface area contributed by atoms with Crippen molar-refractivity contribution in [3.8, 4) is 11.1 Å². The van der Waals surface area contributed by atoms with Crippen molar-refractivity contribution < 1.29 is 18.0 Å². The average Bonchev–Trinajstić information content (AvgIpc) is 2.62. The van der Waals surface area contributed by atoms with Crippen LogP contribution >= 0.6 is 0 Å². The van der Waals surface area contributed by atoms with Gasteiger partial charge >= 0.3 is 6.18 Å². The first-order valence-corrected chi connectivity index (χ1v) is 8.20. The van der Waals surface area contributed by atoms with E-state index in [-0.39, 0.29) is 5.69 Å². The number of carbonyl (C=O) groups is 1. The molecule has 0 atom stereocenters. The predicted molar refractivity (Wildman–Crippen MR) is 100 cm³/mol. The maximum absolute atomic E-state index is 12.8. The van der Waals surface area contributed by atoms with Crippen molar-refractivity contribution in [2.45, 2.75) is 13.1 Å². The molecule has 0 bridgehead atoms. The van der Waals surface area contributed by atoms with Crippen molar-refractivity contribution in [3.63, 3.8) is 0 Å². The maximum Gasteiger partial charge on any atom is 0.416 e. The van der Waals surface area contributed by atoms with E-state index < -0.39 is 17.6 Å². The summed E-state index contributed by atoms with van der Waals surface area (Å²) in [6.07, 6.45) is -4.47. The van der Waals surface area contributed by atoms with Crippen molar-refractivity contribution >= 4 is 17.3 Å². The Morgan fingerprint density at radius 1 is 0.926 bits per heavy atom. The van der Waals surface area contributed by atoms with Crippen LogP contribution < -0.4 is 11.1 Å². The van der Waals surface area contributed by atoms with Crippen LogP contribution in [0.5, 0.6) is 0 Å². The first-order chi connectivity index (χ1) is 12.8. The number of nitrogens with two attached hydrogens (primary N) is 1. The number of halogens is 3. The molecule has 0 aromatic heterocycles. The van der Waals surface area contributed by atoms with Crippen LogP contribution in [0.2, 0.25) is 0 Å². The lowest BCUT2D eigenvalue weighted by atomic mass is 9.96. The molecule has 0 aliphatic carbocycles. The zero-order chi connectivity index (χ0) is 19.6. The SMILES string of the molecule is Cc1ccc(C(=O)Nc2cccc(C(F)(F)F)c2)cc1-c1ccccc1N. The van der Waals surface area contributed by atoms with Gasteiger partial charge < -0.3 is 11.1 Å². The number of hydrogen-bond acceptors (Lipinski definition) is 2. The Balaban J connectivity index is 1.90. The topological polar surface area (TPSA) is 55.1 Å². The number of alkyl halides is 3.